The second-order valence-corrected chi connectivity index (χ2v) is 7.45. The van der Waals surface area contributed by atoms with Gasteiger partial charge in [0.05, 0.1) is 12.2 Å². The fourth-order valence-corrected chi connectivity index (χ4v) is 3.56. The summed E-state index contributed by atoms with van der Waals surface area (Å²) in [5.41, 5.74) is 3.87. The summed E-state index contributed by atoms with van der Waals surface area (Å²) in [6.07, 6.45) is 3.32. The molecule has 2 N–H and O–H groups in total. The number of anilines is 1. The first kappa shape index (κ1) is 19.9. The van der Waals surface area contributed by atoms with Crippen LogP contribution in [0.2, 0.25) is 0 Å². The summed E-state index contributed by atoms with van der Waals surface area (Å²) >= 11 is 0. The highest BCUT2D eigenvalue weighted by atomic mass is 16.5. The number of carbonyl (C=O) groups excluding carboxylic acids is 2. The van der Waals surface area contributed by atoms with E-state index in [9.17, 15) is 9.59 Å². The Morgan fingerprint density at radius 2 is 1.82 bits per heavy atom. The molecule has 148 valence electrons. The van der Waals surface area contributed by atoms with Crippen LogP contribution in [0.15, 0.2) is 42.5 Å². The molecule has 0 aliphatic heterocycles. The van der Waals surface area contributed by atoms with Crippen molar-refractivity contribution in [1.82, 2.24) is 5.32 Å². The number of aryl methyl sites for hydroxylation is 2. The molecular weight excluding hydrogens is 352 g/mol. The van der Waals surface area contributed by atoms with Crippen LogP contribution >= 0.6 is 0 Å². The summed E-state index contributed by atoms with van der Waals surface area (Å²) < 4.78 is 5.54. The van der Waals surface area contributed by atoms with E-state index in [1.807, 2.05) is 39.0 Å². The van der Waals surface area contributed by atoms with Gasteiger partial charge in [-0.05, 0) is 67.5 Å². The molecule has 1 aliphatic rings. The molecule has 0 heterocycles. The fourth-order valence-electron chi connectivity index (χ4n) is 3.56. The maximum absolute atomic E-state index is 12.9. The highest BCUT2D eigenvalue weighted by Gasteiger charge is 2.26. The zero-order chi connectivity index (χ0) is 20.1. The van der Waals surface area contributed by atoms with Crippen molar-refractivity contribution in [3.8, 4) is 5.75 Å². The van der Waals surface area contributed by atoms with E-state index < -0.39 is 6.04 Å². The van der Waals surface area contributed by atoms with Crippen molar-refractivity contribution in [2.45, 2.75) is 46.1 Å². The number of rotatable bonds is 7. The number of hydrogen-bond acceptors (Lipinski definition) is 3. The fraction of sp³-hybridized carbons (Fsp3) is 0.391. The minimum absolute atomic E-state index is 0.0577. The molecule has 0 saturated heterocycles. The lowest BCUT2D eigenvalue weighted by molar-refractivity contribution is -0.118. The van der Waals surface area contributed by atoms with Crippen molar-refractivity contribution in [3.05, 3.63) is 59.2 Å². The Bertz CT molecular complexity index is 861. The van der Waals surface area contributed by atoms with Crippen LogP contribution in [0.25, 0.3) is 0 Å². The Labute approximate surface area is 166 Å². The minimum Gasteiger partial charge on any atom is -0.493 e. The van der Waals surface area contributed by atoms with Crippen LogP contribution in [0, 0.1) is 5.92 Å². The molecule has 5 nitrogen and oxygen atoms in total. The van der Waals surface area contributed by atoms with Crippen molar-refractivity contribution in [2.24, 2.45) is 5.92 Å². The van der Waals surface area contributed by atoms with E-state index in [0.717, 1.165) is 24.9 Å². The van der Waals surface area contributed by atoms with Gasteiger partial charge in [0.15, 0.2) is 0 Å². The molecule has 2 amide bonds. The highest BCUT2D eigenvalue weighted by molar-refractivity contribution is 6.02. The summed E-state index contributed by atoms with van der Waals surface area (Å²) in [7, 11) is 0. The first-order valence-electron chi connectivity index (χ1n) is 9.95. The van der Waals surface area contributed by atoms with Gasteiger partial charge < -0.3 is 15.4 Å². The molecule has 2 aromatic rings. The van der Waals surface area contributed by atoms with Gasteiger partial charge in [-0.3, -0.25) is 9.59 Å². The zero-order valence-electron chi connectivity index (χ0n) is 16.7. The van der Waals surface area contributed by atoms with Crippen molar-refractivity contribution < 1.29 is 14.3 Å². The molecule has 5 heteroatoms. The van der Waals surface area contributed by atoms with E-state index in [1.54, 1.807) is 18.2 Å². The van der Waals surface area contributed by atoms with Crippen LogP contribution in [0.3, 0.4) is 0 Å². The Morgan fingerprint density at radius 1 is 1.07 bits per heavy atom. The lowest BCUT2D eigenvalue weighted by Crippen LogP contribution is -2.47. The molecule has 0 bridgehead atoms. The SMILES string of the molecule is CCOc1ccccc1C(=O)N[C@@H](C(=O)Nc1ccc2c(c1)CCC2)C(C)C. The smallest absolute Gasteiger partial charge is 0.255 e. The van der Waals surface area contributed by atoms with Crippen LogP contribution in [0.1, 0.15) is 48.7 Å². The summed E-state index contributed by atoms with van der Waals surface area (Å²) in [5.74, 6) is -0.0660. The molecule has 3 rings (SSSR count). The molecule has 1 aliphatic carbocycles. The second-order valence-electron chi connectivity index (χ2n) is 7.45. The van der Waals surface area contributed by atoms with Gasteiger partial charge in [0.2, 0.25) is 5.91 Å². The van der Waals surface area contributed by atoms with Crippen molar-refractivity contribution in [1.29, 1.82) is 0 Å². The van der Waals surface area contributed by atoms with Gasteiger partial charge in [-0.15, -0.1) is 0 Å². The first-order chi connectivity index (χ1) is 13.5. The van der Waals surface area contributed by atoms with Crippen LogP contribution in [0.4, 0.5) is 5.69 Å². The lowest BCUT2D eigenvalue weighted by atomic mass is 10.0. The Kier molecular flexibility index (Phi) is 6.34. The average Bonchev–Trinajstić information content (AvgIpc) is 3.14. The average molecular weight is 380 g/mol. The number of nitrogens with one attached hydrogen (secondary N) is 2. The number of ether oxygens (including phenoxy) is 1. The van der Waals surface area contributed by atoms with Crippen LogP contribution in [-0.2, 0) is 17.6 Å². The molecular formula is C23H28N2O3. The summed E-state index contributed by atoms with van der Waals surface area (Å²) in [6.45, 7) is 6.18. The van der Waals surface area contributed by atoms with Crippen molar-refractivity contribution in [2.75, 3.05) is 11.9 Å². The largest absolute Gasteiger partial charge is 0.493 e. The van der Waals surface area contributed by atoms with E-state index in [4.69, 9.17) is 4.74 Å². The molecule has 28 heavy (non-hydrogen) atoms. The Balaban J connectivity index is 1.72. The molecule has 1 atom stereocenters. The zero-order valence-corrected chi connectivity index (χ0v) is 16.7. The number of fused-ring (bicyclic) bond motifs is 1. The van der Waals surface area contributed by atoms with Crippen LogP contribution in [0.5, 0.6) is 5.75 Å². The van der Waals surface area contributed by atoms with E-state index in [0.29, 0.717) is 17.9 Å². The van der Waals surface area contributed by atoms with Gasteiger partial charge in [0.1, 0.15) is 11.8 Å². The van der Waals surface area contributed by atoms with Crippen LogP contribution in [-0.4, -0.2) is 24.5 Å². The van der Waals surface area contributed by atoms with Gasteiger partial charge in [0.25, 0.3) is 5.91 Å². The summed E-state index contributed by atoms with van der Waals surface area (Å²) in [5, 5.41) is 5.84. The van der Waals surface area contributed by atoms with E-state index in [1.165, 1.54) is 11.1 Å². The maximum atomic E-state index is 12.9. The molecule has 0 spiro atoms. The third-order valence-corrected chi connectivity index (χ3v) is 5.03. The van der Waals surface area contributed by atoms with E-state index in [2.05, 4.69) is 16.7 Å². The number of amides is 2. The van der Waals surface area contributed by atoms with Gasteiger partial charge in [-0.25, -0.2) is 0 Å². The third-order valence-electron chi connectivity index (χ3n) is 5.03. The standard InChI is InChI=1S/C23H28N2O3/c1-4-28-20-11-6-5-10-19(20)22(26)25-21(15(2)3)23(27)24-18-13-12-16-8-7-9-17(16)14-18/h5-6,10-15,21H,4,7-9H2,1-3H3,(H,24,27)(H,25,26)/t21-/m1/s1. The summed E-state index contributed by atoms with van der Waals surface area (Å²) in [6, 6.07) is 12.5. The Morgan fingerprint density at radius 3 is 2.57 bits per heavy atom. The number of benzene rings is 2. The van der Waals surface area contributed by atoms with E-state index >= 15 is 0 Å². The van der Waals surface area contributed by atoms with Gasteiger partial charge in [-0.1, -0.05) is 32.0 Å². The Hall–Kier alpha value is -2.82. The van der Waals surface area contributed by atoms with Crippen LogP contribution < -0.4 is 15.4 Å². The van der Waals surface area contributed by atoms with Gasteiger partial charge in [0, 0.05) is 5.69 Å². The molecule has 0 radical (unpaired) electrons. The molecule has 2 aromatic carbocycles. The molecule has 0 fully saturated rings. The number of hydrogen-bond donors (Lipinski definition) is 2. The normalized spacial score (nSPS) is 13.7. The lowest BCUT2D eigenvalue weighted by Gasteiger charge is -2.22. The summed E-state index contributed by atoms with van der Waals surface area (Å²) in [4.78, 5) is 25.7. The van der Waals surface area contributed by atoms with Crippen molar-refractivity contribution in [3.63, 3.8) is 0 Å². The monoisotopic (exact) mass is 380 g/mol. The predicted octanol–water partition coefficient (Wildman–Crippen LogP) is 3.97. The molecule has 0 aromatic heterocycles. The van der Waals surface area contributed by atoms with Gasteiger partial charge in [-0.2, -0.15) is 0 Å². The maximum Gasteiger partial charge on any atom is 0.255 e. The minimum atomic E-state index is -0.643. The topological polar surface area (TPSA) is 67.4 Å². The first-order valence-corrected chi connectivity index (χ1v) is 9.95. The van der Waals surface area contributed by atoms with Gasteiger partial charge >= 0.3 is 0 Å². The van der Waals surface area contributed by atoms with E-state index in [-0.39, 0.29) is 17.7 Å². The predicted molar refractivity (Wildman–Crippen MR) is 111 cm³/mol. The second kappa shape index (κ2) is 8.91. The third kappa shape index (κ3) is 4.53. The highest BCUT2D eigenvalue weighted by Crippen LogP contribution is 2.25. The number of carbonyl (C=O) groups is 2. The quantitative estimate of drug-likeness (QED) is 0.764. The molecule has 0 unspecified atom stereocenters. The number of para-hydroxylation sites is 1. The molecule has 0 saturated carbocycles. The van der Waals surface area contributed by atoms with Crippen molar-refractivity contribution >= 4 is 17.5 Å².